The highest BCUT2D eigenvalue weighted by atomic mass is 79.9. The molecule has 2 rings (SSSR count). The highest BCUT2D eigenvalue weighted by molar-refractivity contribution is 9.10. The van der Waals surface area contributed by atoms with E-state index in [1.54, 1.807) is 0 Å². The number of aliphatic hydroxyl groups is 1. The minimum atomic E-state index is -0.623. The quantitative estimate of drug-likeness (QED) is 0.823. The molecule has 0 heterocycles. The number of rotatable bonds is 2. The maximum absolute atomic E-state index is 13.9. The Balaban J connectivity index is 2.21. The summed E-state index contributed by atoms with van der Waals surface area (Å²) in [4.78, 5) is 0. The lowest BCUT2D eigenvalue weighted by molar-refractivity contribution is 0.0967. The van der Waals surface area contributed by atoms with Gasteiger partial charge in [0, 0.05) is 11.1 Å². The molecular formula is C13H16BrF2NO. The zero-order valence-electron chi connectivity index (χ0n) is 9.93. The summed E-state index contributed by atoms with van der Waals surface area (Å²) in [5.74, 6) is -1.14. The predicted octanol–water partition coefficient (Wildman–Crippen LogP) is 2.90. The number of aliphatic hydroxyl groups excluding tert-OH is 1. The molecule has 1 saturated carbocycles. The van der Waals surface area contributed by atoms with Crippen LogP contribution in [0.15, 0.2) is 16.6 Å². The molecule has 0 atom stereocenters. The first-order valence-corrected chi connectivity index (χ1v) is 6.80. The Morgan fingerprint density at radius 3 is 2.56 bits per heavy atom. The molecular weight excluding hydrogens is 304 g/mol. The molecule has 3 N–H and O–H groups in total. The summed E-state index contributed by atoms with van der Waals surface area (Å²) >= 11 is 3.05. The first-order chi connectivity index (χ1) is 8.41. The van der Waals surface area contributed by atoms with Gasteiger partial charge < -0.3 is 10.8 Å². The zero-order valence-corrected chi connectivity index (χ0v) is 11.5. The van der Waals surface area contributed by atoms with E-state index in [0.717, 1.165) is 0 Å². The summed E-state index contributed by atoms with van der Waals surface area (Å²) < 4.78 is 27.8. The third kappa shape index (κ3) is 2.90. The van der Waals surface area contributed by atoms with Crippen molar-refractivity contribution >= 4 is 15.9 Å². The number of hydrogen-bond donors (Lipinski definition) is 2. The SMILES string of the molecule is NC1(Cc2c(F)ccc(Br)c2F)CCC(O)CC1. The first-order valence-electron chi connectivity index (χ1n) is 6.01. The highest BCUT2D eigenvalue weighted by Gasteiger charge is 2.33. The minimum Gasteiger partial charge on any atom is -0.393 e. The third-order valence-corrected chi connectivity index (χ3v) is 4.23. The van der Waals surface area contributed by atoms with Crippen LogP contribution in [0.3, 0.4) is 0 Å². The maximum Gasteiger partial charge on any atom is 0.143 e. The van der Waals surface area contributed by atoms with Gasteiger partial charge in [0.25, 0.3) is 0 Å². The Labute approximate surface area is 113 Å². The molecule has 0 spiro atoms. The second kappa shape index (κ2) is 5.23. The lowest BCUT2D eigenvalue weighted by Crippen LogP contribution is -2.46. The van der Waals surface area contributed by atoms with Gasteiger partial charge in [0.1, 0.15) is 11.6 Å². The standard InChI is InChI=1S/C13H16BrF2NO/c14-10-1-2-11(15)9(12(10)16)7-13(17)5-3-8(18)4-6-13/h1-2,8,18H,3-7,17H2. The average Bonchev–Trinajstić information content (AvgIpc) is 2.34. The Morgan fingerprint density at radius 2 is 1.94 bits per heavy atom. The molecule has 0 aromatic heterocycles. The summed E-state index contributed by atoms with van der Waals surface area (Å²) in [5, 5.41) is 9.45. The van der Waals surface area contributed by atoms with Gasteiger partial charge in [-0.2, -0.15) is 0 Å². The van der Waals surface area contributed by atoms with Crippen molar-refractivity contribution in [3.63, 3.8) is 0 Å². The van der Waals surface area contributed by atoms with Gasteiger partial charge in [-0.3, -0.25) is 0 Å². The van der Waals surface area contributed by atoms with Crippen molar-refractivity contribution in [3.8, 4) is 0 Å². The zero-order chi connectivity index (χ0) is 13.3. The fourth-order valence-corrected chi connectivity index (χ4v) is 2.81. The van der Waals surface area contributed by atoms with Crippen LogP contribution in [0.5, 0.6) is 0 Å². The second-order valence-corrected chi connectivity index (χ2v) is 5.95. The number of halogens is 3. The summed E-state index contributed by atoms with van der Waals surface area (Å²) in [7, 11) is 0. The van der Waals surface area contributed by atoms with E-state index in [1.807, 2.05) is 0 Å². The van der Waals surface area contributed by atoms with Gasteiger partial charge in [-0.05, 0) is 60.2 Å². The fraction of sp³-hybridized carbons (Fsp3) is 0.538. The number of benzene rings is 1. The average molecular weight is 320 g/mol. The van der Waals surface area contributed by atoms with Crippen molar-refractivity contribution in [3.05, 3.63) is 33.8 Å². The molecule has 1 fully saturated rings. The molecule has 1 aromatic carbocycles. The van der Waals surface area contributed by atoms with Gasteiger partial charge in [-0.15, -0.1) is 0 Å². The molecule has 0 aliphatic heterocycles. The maximum atomic E-state index is 13.9. The highest BCUT2D eigenvalue weighted by Crippen LogP contribution is 2.32. The normalized spacial score (nSPS) is 28.4. The van der Waals surface area contributed by atoms with Gasteiger partial charge in [0.2, 0.25) is 0 Å². The molecule has 0 saturated heterocycles. The van der Waals surface area contributed by atoms with Gasteiger partial charge in [-0.1, -0.05) is 0 Å². The van der Waals surface area contributed by atoms with Gasteiger partial charge in [0.05, 0.1) is 10.6 Å². The second-order valence-electron chi connectivity index (χ2n) is 5.09. The van der Waals surface area contributed by atoms with E-state index in [4.69, 9.17) is 5.73 Å². The van der Waals surface area contributed by atoms with Crippen molar-refractivity contribution in [1.82, 2.24) is 0 Å². The van der Waals surface area contributed by atoms with Crippen LogP contribution in [0.25, 0.3) is 0 Å². The molecule has 0 amide bonds. The molecule has 1 aromatic rings. The summed E-state index contributed by atoms with van der Waals surface area (Å²) in [6, 6.07) is 2.59. The smallest absolute Gasteiger partial charge is 0.143 e. The molecule has 18 heavy (non-hydrogen) atoms. The van der Waals surface area contributed by atoms with E-state index < -0.39 is 17.2 Å². The van der Waals surface area contributed by atoms with Crippen LogP contribution < -0.4 is 5.73 Å². The van der Waals surface area contributed by atoms with Gasteiger partial charge >= 0.3 is 0 Å². The monoisotopic (exact) mass is 319 g/mol. The van der Waals surface area contributed by atoms with Crippen molar-refractivity contribution < 1.29 is 13.9 Å². The molecule has 0 bridgehead atoms. The van der Waals surface area contributed by atoms with Crippen LogP contribution in [-0.2, 0) is 6.42 Å². The Bertz CT molecular complexity index is 445. The van der Waals surface area contributed by atoms with Crippen LogP contribution in [-0.4, -0.2) is 16.7 Å². The van der Waals surface area contributed by atoms with E-state index in [2.05, 4.69) is 15.9 Å². The molecule has 100 valence electrons. The predicted molar refractivity (Wildman–Crippen MR) is 69.2 cm³/mol. The minimum absolute atomic E-state index is 0.0308. The first kappa shape index (κ1) is 13.9. The van der Waals surface area contributed by atoms with Crippen LogP contribution in [0.4, 0.5) is 8.78 Å². The molecule has 1 aliphatic rings. The molecule has 0 unspecified atom stereocenters. The topological polar surface area (TPSA) is 46.2 Å². The summed E-state index contributed by atoms with van der Waals surface area (Å²) in [5.41, 5.74) is 5.59. The van der Waals surface area contributed by atoms with Gasteiger partial charge in [-0.25, -0.2) is 8.78 Å². The fourth-order valence-electron chi connectivity index (χ4n) is 2.44. The van der Waals surface area contributed by atoms with Crippen molar-refractivity contribution in [1.29, 1.82) is 0 Å². The van der Waals surface area contributed by atoms with Crippen LogP contribution in [0.2, 0.25) is 0 Å². The third-order valence-electron chi connectivity index (χ3n) is 3.62. The molecule has 0 radical (unpaired) electrons. The number of nitrogens with two attached hydrogens (primary N) is 1. The lowest BCUT2D eigenvalue weighted by Gasteiger charge is -2.35. The van der Waals surface area contributed by atoms with E-state index in [1.165, 1.54) is 12.1 Å². The van der Waals surface area contributed by atoms with Gasteiger partial charge in [0.15, 0.2) is 0 Å². The lowest BCUT2D eigenvalue weighted by atomic mass is 9.77. The van der Waals surface area contributed by atoms with E-state index >= 15 is 0 Å². The van der Waals surface area contributed by atoms with Crippen molar-refractivity contribution in [2.75, 3.05) is 0 Å². The summed E-state index contributed by atoms with van der Waals surface area (Å²) in [6.45, 7) is 0. The Kier molecular flexibility index (Phi) is 4.04. The molecule has 5 heteroatoms. The Hall–Kier alpha value is -0.520. The van der Waals surface area contributed by atoms with Crippen LogP contribution in [0, 0.1) is 11.6 Å². The summed E-state index contributed by atoms with van der Waals surface area (Å²) in [6.07, 6.45) is 2.18. The van der Waals surface area contributed by atoms with Crippen molar-refractivity contribution in [2.24, 2.45) is 5.73 Å². The molecule has 2 nitrogen and oxygen atoms in total. The number of hydrogen-bond acceptors (Lipinski definition) is 2. The Morgan fingerprint density at radius 1 is 1.33 bits per heavy atom. The van der Waals surface area contributed by atoms with E-state index in [9.17, 15) is 13.9 Å². The van der Waals surface area contributed by atoms with Crippen LogP contribution >= 0.6 is 15.9 Å². The van der Waals surface area contributed by atoms with Crippen LogP contribution in [0.1, 0.15) is 31.2 Å². The largest absolute Gasteiger partial charge is 0.393 e. The van der Waals surface area contributed by atoms with E-state index in [-0.39, 0.29) is 22.6 Å². The van der Waals surface area contributed by atoms with Crippen molar-refractivity contribution in [2.45, 2.75) is 43.7 Å². The molecule has 1 aliphatic carbocycles. The van der Waals surface area contributed by atoms with E-state index in [0.29, 0.717) is 25.7 Å².